The van der Waals surface area contributed by atoms with Crippen molar-refractivity contribution in [1.82, 2.24) is 0 Å². The summed E-state index contributed by atoms with van der Waals surface area (Å²) in [5.74, 6) is -0.524. The molecule has 3 rings (SSSR count). The Hall–Kier alpha value is -2.06. The summed E-state index contributed by atoms with van der Waals surface area (Å²) in [6, 6.07) is 26.5. The minimum Gasteiger partial charge on any atom is -0.370 e. The van der Waals surface area contributed by atoms with Crippen LogP contribution in [0.5, 0.6) is 0 Å². The highest BCUT2D eigenvalue weighted by Crippen LogP contribution is 2.58. The largest absolute Gasteiger partial charge is 0.370 e. The van der Waals surface area contributed by atoms with Crippen LogP contribution in [0.25, 0.3) is 0 Å². The average Bonchev–Trinajstić information content (AvgIpc) is 2.68. The molecule has 0 aliphatic carbocycles. The van der Waals surface area contributed by atoms with Crippen LogP contribution in [0.15, 0.2) is 84.9 Å². The van der Waals surface area contributed by atoms with Gasteiger partial charge in [-0.15, -0.1) is 0 Å². The fraction of sp³-hybridized carbons (Fsp3) is 0.143. The summed E-state index contributed by atoms with van der Waals surface area (Å²) < 4.78 is 20.0. The Morgan fingerprint density at radius 3 is 2.08 bits per heavy atom. The first-order valence-electron chi connectivity index (χ1n) is 8.50. The molecule has 0 heterocycles. The van der Waals surface area contributed by atoms with Crippen molar-refractivity contribution in [3.8, 4) is 0 Å². The maximum Gasteiger partial charge on any atom is 0.258 e. The molecule has 0 aliphatic heterocycles. The number of para-hydroxylation sites is 1. The Labute approximate surface area is 159 Å². The first-order valence-corrected chi connectivity index (χ1v) is 10.6. The number of benzene rings is 3. The normalized spacial score (nSPS) is 14.4. The van der Waals surface area contributed by atoms with E-state index in [0.717, 1.165) is 11.3 Å². The highest BCUT2D eigenvalue weighted by Gasteiger charge is 2.37. The van der Waals surface area contributed by atoms with Gasteiger partial charge in [-0.05, 0) is 48.9 Å². The summed E-state index contributed by atoms with van der Waals surface area (Å²) in [5, 5.41) is 4.73. The maximum atomic E-state index is 14.1. The third-order valence-electron chi connectivity index (χ3n) is 4.04. The molecule has 3 aromatic carbocycles. The second kappa shape index (κ2) is 8.55. The van der Waals surface area contributed by atoms with Crippen LogP contribution in [-0.2, 0) is 9.09 Å². The van der Waals surface area contributed by atoms with Crippen molar-refractivity contribution in [3.63, 3.8) is 0 Å². The zero-order valence-corrected chi connectivity index (χ0v) is 16.2. The van der Waals surface area contributed by atoms with Crippen LogP contribution < -0.4 is 10.6 Å². The van der Waals surface area contributed by atoms with Crippen molar-refractivity contribution in [2.24, 2.45) is 0 Å². The number of anilines is 1. The van der Waals surface area contributed by atoms with E-state index in [9.17, 15) is 4.57 Å². The molecule has 1 N–H and O–H groups in total. The second-order valence-electron chi connectivity index (χ2n) is 5.81. The van der Waals surface area contributed by atoms with Gasteiger partial charge in [0.05, 0.1) is 6.61 Å². The SMILES string of the molecule is CCOP(=O)(c1ccccc1)C(Nc1ccccc1)c1ccc(Cl)cc1. The quantitative estimate of drug-likeness (QED) is 0.500. The standard InChI is InChI=1S/C21H21ClNO2P/c1-2-25-26(24,20-11-7-4-8-12-20)21(17-13-15-18(22)16-14-17)23-19-9-5-3-6-10-19/h3-16,21,23H,2H2,1H3. The molecule has 134 valence electrons. The molecular weight excluding hydrogens is 365 g/mol. The van der Waals surface area contributed by atoms with Crippen molar-refractivity contribution >= 4 is 30.0 Å². The van der Waals surface area contributed by atoms with E-state index in [1.165, 1.54) is 0 Å². The molecule has 0 radical (unpaired) electrons. The van der Waals surface area contributed by atoms with E-state index in [-0.39, 0.29) is 0 Å². The molecule has 2 unspecified atom stereocenters. The molecule has 0 fully saturated rings. The molecule has 0 aromatic heterocycles. The molecule has 3 nitrogen and oxygen atoms in total. The number of nitrogens with one attached hydrogen (secondary N) is 1. The number of halogens is 1. The van der Waals surface area contributed by atoms with Crippen LogP contribution in [-0.4, -0.2) is 6.61 Å². The van der Waals surface area contributed by atoms with Crippen molar-refractivity contribution in [2.45, 2.75) is 12.7 Å². The van der Waals surface area contributed by atoms with Crippen molar-refractivity contribution in [1.29, 1.82) is 0 Å². The smallest absolute Gasteiger partial charge is 0.258 e. The van der Waals surface area contributed by atoms with E-state index in [1.807, 2.05) is 79.7 Å². The molecule has 0 saturated heterocycles. The van der Waals surface area contributed by atoms with Gasteiger partial charge in [-0.2, -0.15) is 0 Å². The Kier molecular flexibility index (Phi) is 6.16. The van der Waals surface area contributed by atoms with Crippen LogP contribution in [0.4, 0.5) is 5.69 Å². The molecule has 5 heteroatoms. The van der Waals surface area contributed by atoms with E-state index in [4.69, 9.17) is 16.1 Å². The Balaban J connectivity index is 2.10. The van der Waals surface area contributed by atoms with E-state index >= 15 is 0 Å². The lowest BCUT2D eigenvalue weighted by atomic mass is 10.2. The molecule has 3 aromatic rings. The van der Waals surface area contributed by atoms with E-state index < -0.39 is 13.2 Å². The molecule has 0 aliphatic rings. The maximum absolute atomic E-state index is 14.1. The molecular formula is C21H21ClNO2P. The van der Waals surface area contributed by atoms with Gasteiger partial charge in [-0.3, -0.25) is 4.57 Å². The summed E-state index contributed by atoms with van der Waals surface area (Å²) >= 11 is 6.05. The van der Waals surface area contributed by atoms with Gasteiger partial charge in [0.2, 0.25) is 0 Å². The van der Waals surface area contributed by atoms with Crippen LogP contribution >= 0.6 is 19.0 Å². The Bertz CT molecular complexity index is 870. The molecule has 0 amide bonds. The van der Waals surface area contributed by atoms with Crippen LogP contribution in [0.3, 0.4) is 0 Å². The molecule has 0 spiro atoms. The van der Waals surface area contributed by atoms with Gasteiger partial charge in [0.1, 0.15) is 5.78 Å². The highest BCUT2D eigenvalue weighted by atomic mass is 35.5. The summed E-state index contributed by atoms with van der Waals surface area (Å²) in [5.41, 5.74) is 1.74. The highest BCUT2D eigenvalue weighted by molar-refractivity contribution is 7.67. The summed E-state index contributed by atoms with van der Waals surface area (Å²) in [6.45, 7) is 2.21. The summed E-state index contributed by atoms with van der Waals surface area (Å²) in [7, 11) is -3.24. The fourth-order valence-corrected chi connectivity index (χ4v) is 5.40. The summed E-state index contributed by atoms with van der Waals surface area (Å²) in [4.78, 5) is 0. The van der Waals surface area contributed by atoms with Gasteiger partial charge in [0, 0.05) is 16.0 Å². The van der Waals surface area contributed by atoms with E-state index in [0.29, 0.717) is 16.9 Å². The van der Waals surface area contributed by atoms with Crippen molar-refractivity contribution in [3.05, 3.63) is 95.5 Å². The van der Waals surface area contributed by atoms with Crippen molar-refractivity contribution in [2.75, 3.05) is 11.9 Å². The molecule has 26 heavy (non-hydrogen) atoms. The topological polar surface area (TPSA) is 38.3 Å². The van der Waals surface area contributed by atoms with Gasteiger partial charge in [0.25, 0.3) is 7.37 Å². The van der Waals surface area contributed by atoms with Crippen LogP contribution in [0.1, 0.15) is 18.3 Å². The van der Waals surface area contributed by atoms with E-state index in [1.54, 1.807) is 12.1 Å². The fourth-order valence-electron chi connectivity index (χ4n) is 2.83. The lowest BCUT2D eigenvalue weighted by Gasteiger charge is -2.29. The number of hydrogen-bond acceptors (Lipinski definition) is 3. The summed E-state index contributed by atoms with van der Waals surface area (Å²) in [6.07, 6.45) is 0. The Morgan fingerprint density at radius 1 is 0.923 bits per heavy atom. The number of rotatable bonds is 7. The molecule has 2 atom stereocenters. The lowest BCUT2D eigenvalue weighted by molar-refractivity contribution is 0.335. The Morgan fingerprint density at radius 2 is 1.50 bits per heavy atom. The third-order valence-corrected chi connectivity index (χ3v) is 7.06. The molecule has 0 bridgehead atoms. The van der Waals surface area contributed by atoms with Crippen LogP contribution in [0, 0.1) is 0 Å². The predicted octanol–water partition coefficient (Wildman–Crippen LogP) is 6.09. The number of hydrogen-bond donors (Lipinski definition) is 1. The van der Waals surface area contributed by atoms with Gasteiger partial charge in [-0.25, -0.2) is 0 Å². The predicted molar refractivity (Wildman–Crippen MR) is 110 cm³/mol. The lowest BCUT2D eigenvalue weighted by Crippen LogP contribution is -2.20. The van der Waals surface area contributed by atoms with E-state index in [2.05, 4.69) is 5.32 Å². The van der Waals surface area contributed by atoms with Gasteiger partial charge >= 0.3 is 0 Å². The van der Waals surface area contributed by atoms with Crippen LogP contribution in [0.2, 0.25) is 5.02 Å². The molecule has 0 saturated carbocycles. The average molecular weight is 386 g/mol. The first-order chi connectivity index (χ1) is 12.6. The minimum atomic E-state index is -3.24. The zero-order valence-electron chi connectivity index (χ0n) is 14.5. The first kappa shape index (κ1) is 18.7. The van der Waals surface area contributed by atoms with Crippen molar-refractivity contribution < 1.29 is 9.09 Å². The second-order valence-corrected chi connectivity index (χ2v) is 8.74. The van der Waals surface area contributed by atoms with Gasteiger partial charge < -0.3 is 9.84 Å². The zero-order chi connectivity index (χ0) is 18.4. The van der Waals surface area contributed by atoms with Gasteiger partial charge in [0.15, 0.2) is 0 Å². The third kappa shape index (κ3) is 4.19. The van der Waals surface area contributed by atoms with Gasteiger partial charge in [-0.1, -0.05) is 60.1 Å². The minimum absolute atomic E-state index is 0.354. The monoisotopic (exact) mass is 385 g/mol.